The molecule has 1 aliphatic heterocycles. The Morgan fingerprint density at radius 3 is 2.63 bits per heavy atom. The molecule has 0 bridgehead atoms. The third kappa shape index (κ3) is 3.33. The van der Waals surface area contributed by atoms with Gasteiger partial charge in [-0.1, -0.05) is 44.2 Å². The number of thioether (sulfide) groups is 1. The Hall–Kier alpha value is -0.510. The predicted octanol–water partition coefficient (Wildman–Crippen LogP) is 2.94. The molecular formula is C16H26N2S. The van der Waals surface area contributed by atoms with Gasteiger partial charge in [-0.3, -0.25) is 4.90 Å². The van der Waals surface area contributed by atoms with E-state index in [1.54, 1.807) is 0 Å². The minimum absolute atomic E-state index is 0.445. The standard InChI is InChI=1S/C16H26N2S/c1-12(15-7-5-4-6-8-15)16(11-17)18-9-10-19-14(3)13(18)2/h4-8,12-14,16H,9-11,17H2,1-3H3. The van der Waals surface area contributed by atoms with Crippen molar-refractivity contribution in [2.24, 2.45) is 5.73 Å². The number of hydrogen-bond donors (Lipinski definition) is 1. The van der Waals surface area contributed by atoms with Crippen molar-refractivity contribution in [1.82, 2.24) is 4.90 Å². The summed E-state index contributed by atoms with van der Waals surface area (Å²) in [5, 5.41) is 0.700. The van der Waals surface area contributed by atoms with Crippen LogP contribution in [0.3, 0.4) is 0 Å². The third-order valence-electron chi connectivity index (χ3n) is 4.50. The highest BCUT2D eigenvalue weighted by atomic mass is 32.2. The topological polar surface area (TPSA) is 29.3 Å². The Balaban J connectivity index is 2.15. The Labute approximate surface area is 121 Å². The zero-order valence-electron chi connectivity index (χ0n) is 12.3. The first-order valence-corrected chi connectivity index (χ1v) is 8.32. The smallest absolute Gasteiger partial charge is 0.0287 e. The lowest BCUT2D eigenvalue weighted by Gasteiger charge is -2.44. The van der Waals surface area contributed by atoms with Gasteiger partial charge in [-0.15, -0.1) is 0 Å². The van der Waals surface area contributed by atoms with Crippen LogP contribution in [0, 0.1) is 0 Å². The molecule has 1 fully saturated rings. The van der Waals surface area contributed by atoms with E-state index in [1.807, 2.05) is 0 Å². The van der Waals surface area contributed by atoms with E-state index < -0.39 is 0 Å². The quantitative estimate of drug-likeness (QED) is 0.918. The number of nitrogens with two attached hydrogens (primary N) is 1. The molecule has 3 heteroatoms. The Morgan fingerprint density at radius 2 is 2.00 bits per heavy atom. The molecule has 1 saturated heterocycles. The second kappa shape index (κ2) is 6.78. The highest BCUT2D eigenvalue weighted by Crippen LogP contribution is 2.30. The molecule has 2 N–H and O–H groups in total. The highest BCUT2D eigenvalue weighted by Gasteiger charge is 2.33. The van der Waals surface area contributed by atoms with E-state index in [2.05, 4.69) is 67.8 Å². The van der Waals surface area contributed by atoms with Crippen LogP contribution in [0.5, 0.6) is 0 Å². The van der Waals surface area contributed by atoms with Crippen LogP contribution in [0.2, 0.25) is 0 Å². The lowest BCUT2D eigenvalue weighted by Crippen LogP contribution is -2.54. The summed E-state index contributed by atoms with van der Waals surface area (Å²) in [4.78, 5) is 2.62. The third-order valence-corrected chi connectivity index (χ3v) is 5.84. The van der Waals surface area contributed by atoms with Gasteiger partial charge >= 0.3 is 0 Å². The van der Waals surface area contributed by atoms with Crippen molar-refractivity contribution in [3.63, 3.8) is 0 Å². The van der Waals surface area contributed by atoms with Crippen LogP contribution in [0.4, 0.5) is 0 Å². The van der Waals surface area contributed by atoms with Crippen molar-refractivity contribution >= 4 is 11.8 Å². The molecule has 106 valence electrons. The number of hydrogen-bond acceptors (Lipinski definition) is 3. The Bertz CT molecular complexity index is 382. The average molecular weight is 278 g/mol. The normalized spacial score (nSPS) is 28.0. The fourth-order valence-corrected chi connectivity index (χ4v) is 4.15. The Morgan fingerprint density at radius 1 is 1.32 bits per heavy atom. The largest absolute Gasteiger partial charge is 0.329 e. The summed E-state index contributed by atoms with van der Waals surface area (Å²) < 4.78 is 0. The summed E-state index contributed by atoms with van der Waals surface area (Å²) >= 11 is 2.08. The van der Waals surface area contributed by atoms with Crippen LogP contribution in [0.15, 0.2) is 30.3 Å². The van der Waals surface area contributed by atoms with Crippen molar-refractivity contribution in [1.29, 1.82) is 0 Å². The Kier molecular flexibility index (Phi) is 5.31. The molecular weight excluding hydrogens is 252 g/mol. The van der Waals surface area contributed by atoms with Crippen molar-refractivity contribution in [3.05, 3.63) is 35.9 Å². The van der Waals surface area contributed by atoms with Crippen molar-refractivity contribution in [3.8, 4) is 0 Å². The fraction of sp³-hybridized carbons (Fsp3) is 0.625. The van der Waals surface area contributed by atoms with Gasteiger partial charge in [-0.25, -0.2) is 0 Å². The molecule has 2 rings (SSSR count). The minimum atomic E-state index is 0.445. The van der Waals surface area contributed by atoms with Crippen molar-refractivity contribution < 1.29 is 0 Å². The van der Waals surface area contributed by atoms with E-state index in [1.165, 1.54) is 11.3 Å². The molecule has 0 spiro atoms. The van der Waals surface area contributed by atoms with Gasteiger partial charge in [-0.05, 0) is 18.4 Å². The van der Waals surface area contributed by atoms with Crippen molar-refractivity contribution in [2.75, 3.05) is 18.8 Å². The summed E-state index contributed by atoms with van der Waals surface area (Å²) in [5.74, 6) is 1.72. The summed E-state index contributed by atoms with van der Waals surface area (Å²) in [6.07, 6.45) is 0. The van der Waals surface area contributed by atoms with Gasteiger partial charge in [0.25, 0.3) is 0 Å². The van der Waals surface area contributed by atoms with E-state index in [0.29, 0.717) is 23.3 Å². The van der Waals surface area contributed by atoms with Crippen molar-refractivity contribution in [2.45, 2.75) is 44.0 Å². The van der Waals surface area contributed by atoms with Crippen LogP contribution in [-0.2, 0) is 0 Å². The lowest BCUT2D eigenvalue weighted by molar-refractivity contribution is 0.133. The monoisotopic (exact) mass is 278 g/mol. The van der Waals surface area contributed by atoms with E-state index in [9.17, 15) is 0 Å². The zero-order valence-corrected chi connectivity index (χ0v) is 13.1. The van der Waals surface area contributed by atoms with Gasteiger partial charge < -0.3 is 5.73 Å². The number of rotatable bonds is 4. The molecule has 1 aromatic rings. The lowest BCUT2D eigenvalue weighted by atomic mass is 9.91. The SMILES string of the molecule is CC1SCCN(C(CN)C(C)c2ccccc2)C1C. The molecule has 1 heterocycles. The maximum absolute atomic E-state index is 6.10. The van der Waals surface area contributed by atoms with Gasteiger partial charge in [0.1, 0.15) is 0 Å². The first-order valence-electron chi connectivity index (χ1n) is 7.27. The molecule has 19 heavy (non-hydrogen) atoms. The molecule has 0 amide bonds. The summed E-state index contributed by atoms with van der Waals surface area (Å²) in [6, 6.07) is 11.8. The first-order chi connectivity index (χ1) is 9.15. The second-order valence-electron chi connectivity index (χ2n) is 5.56. The molecule has 0 radical (unpaired) electrons. The van der Waals surface area contributed by atoms with Gasteiger partial charge in [0.05, 0.1) is 0 Å². The second-order valence-corrected chi connectivity index (χ2v) is 7.04. The summed E-state index contributed by atoms with van der Waals surface area (Å²) in [6.45, 7) is 8.89. The number of nitrogens with zero attached hydrogens (tertiary/aromatic N) is 1. The zero-order chi connectivity index (χ0) is 13.8. The van der Waals surface area contributed by atoms with Gasteiger partial charge in [0.15, 0.2) is 0 Å². The average Bonchev–Trinajstić information content (AvgIpc) is 2.45. The molecule has 2 nitrogen and oxygen atoms in total. The van der Waals surface area contributed by atoms with Crippen LogP contribution in [0.1, 0.15) is 32.3 Å². The van der Waals surface area contributed by atoms with Crippen LogP contribution < -0.4 is 5.73 Å². The molecule has 1 aromatic carbocycles. The highest BCUT2D eigenvalue weighted by molar-refractivity contribution is 8.00. The molecule has 4 unspecified atom stereocenters. The molecule has 1 aliphatic rings. The van der Waals surface area contributed by atoms with Gasteiger partial charge in [-0.2, -0.15) is 11.8 Å². The van der Waals surface area contributed by atoms with E-state index in [0.717, 1.165) is 13.1 Å². The van der Waals surface area contributed by atoms with Crippen LogP contribution in [-0.4, -0.2) is 41.1 Å². The van der Waals surface area contributed by atoms with Crippen LogP contribution >= 0.6 is 11.8 Å². The molecule has 0 aromatic heterocycles. The minimum Gasteiger partial charge on any atom is -0.329 e. The molecule has 4 atom stereocenters. The summed E-state index contributed by atoms with van der Waals surface area (Å²) in [7, 11) is 0. The van der Waals surface area contributed by atoms with E-state index in [4.69, 9.17) is 5.73 Å². The first kappa shape index (κ1) is 14.9. The maximum Gasteiger partial charge on any atom is 0.0287 e. The molecule has 0 saturated carbocycles. The molecule has 0 aliphatic carbocycles. The predicted molar refractivity (Wildman–Crippen MR) is 85.8 cm³/mol. The fourth-order valence-electron chi connectivity index (χ4n) is 3.03. The van der Waals surface area contributed by atoms with Crippen LogP contribution in [0.25, 0.3) is 0 Å². The summed E-state index contributed by atoms with van der Waals surface area (Å²) in [5.41, 5.74) is 7.50. The maximum atomic E-state index is 6.10. The van der Waals surface area contributed by atoms with Gasteiger partial charge in [0.2, 0.25) is 0 Å². The van der Waals surface area contributed by atoms with Gasteiger partial charge in [0, 0.05) is 36.2 Å². The number of benzene rings is 1. The van der Waals surface area contributed by atoms with E-state index >= 15 is 0 Å². The van der Waals surface area contributed by atoms with E-state index in [-0.39, 0.29) is 0 Å².